The number of aromatic amines is 1. The van der Waals surface area contributed by atoms with E-state index in [0.717, 1.165) is 27.7 Å². The summed E-state index contributed by atoms with van der Waals surface area (Å²) in [6.45, 7) is 0.261. The lowest BCUT2D eigenvalue weighted by Crippen LogP contribution is -2.49. The van der Waals surface area contributed by atoms with Crippen LogP contribution in [0.5, 0.6) is 0 Å². The normalized spacial score (nSPS) is 11.9. The third-order valence-corrected chi connectivity index (χ3v) is 5.18. The molecule has 8 nitrogen and oxygen atoms in total. The Balaban J connectivity index is 1.43. The maximum atomic E-state index is 12.8. The first-order valence-electron chi connectivity index (χ1n) is 9.68. The maximum absolute atomic E-state index is 12.8. The predicted octanol–water partition coefficient (Wildman–Crippen LogP) is 2.90. The number of hydrogen-bond acceptors (Lipinski definition) is 3. The van der Waals surface area contributed by atoms with Crippen LogP contribution < -0.4 is 16.4 Å². The van der Waals surface area contributed by atoms with Crippen LogP contribution in [0.1, 0.15) is 11.1 Å². The van der Waals surface area contributed by atoms with Gasteiger partial charge in [-0.25, -0.2) is 9.48 Å². The van der Waals surface area contributed by atoms with Gasteiger partial charge in [0.05, 0.1) is 11.9 Å². The van der Waals surface area contributed by atoms with Crippen LogP contribution in [-0.4, -0.2) is 32.7 Å². The molecule has 0 saturated heterocycles. The standard InChI is InChI=1S/C22H21ClN6O2/c23-16-5-7-17(8-6-16)29-13-14(11-27-29)10-26-21(30)20(28-22(24)31)9-15-12-25-19-4-2-1-3-18(15)19/h1-8,11-13,20,25H,9-10H2,(H,26,30)(H3,24,28,31). The quantitative estimate of drug-likeness (QED) is 0.356. The van der Waals surface area contributed by atoms with Crippen LogP contribution >= 0.6 is 11.6 Å². The van der Waals surface area contributed by atoms with Crippen LogP contribution in [0.25, 0.3) is 16.6 Å². The van der Waals surface area contributed by atoms with E-state index < -0.39 is 12.1 Å². The summed E-state index contributed by atoms with van der Waals surface area (Å²) in [4.78, 5) is 27.4. The minimum absolute atomic E-state index is 0.261. The molecule has 0 spiro atoms. The number of nitrogens with one attached hydrogen (secondary N) is 3. The van der Waals surface area contributed by atoms with Crippen LogP contribution in [-0.2, 0) is 17.8 Å². The number of carbonyl (C=O) groups excluding carboxylic acids is 2. The summed E-state index contributed by atoms with van der Waals surface area (Å²) in [6, 6.07) is 13.5. The zero-order valence-corrected chi connectivity index (χ0v) is 17.3. The number of nitrogens with zero attached hydrogens (tertiary/aromatic N) is 2. The highest BCUT2D eigenvalue weighted by Crippen LogP contribution is 2.19. The number of aromatic nitrogens is 3. The summed E-state index contributed by atoms with van der Waals surface area (Å²) >= 11 is 5.92. The van der Waals surface area contributed by atoms with Gasteiger partial charge in [0.1, 0.15) is 6.04 Å². The molecule has 0 aliphatic rings. The average Bonchev–Trinajstić information content (AvgIpc) is 3.39. The van der Waals surface area contributed by atoms with E-state index in [4.69, 9.17) is 17.3 Å². The Labute approximate surface area is 183 Å². The SMILES string of the molecule is NC(=O)NC(Cc1c[nH]c2ccccc12)C(=O)NCc1cnn(-c2ccc(Cl)cc2)c1. The van der Waals surface area contributed by atoms with Crippen LogP contribution in [0.2, 0.25) is 5.02 Å². The van der Waals surface area contributed by atoms with Gasteiger partial charge in [0.2, 0.25) is 5.91 Å². The second kappa shape index (κ2) is 8.93. The van der Waals surface area contributed by atoms with E-state index in [2.05, 4.69) is 20.7 Å². The maximum Gasteiger partial charge on any atom is 0.312 e. The minimum Gasteiger partial charge on any atom is -0.361 e. The topological polar surface area (TPSA) is 118 Å². The second-order valence-electron chi connectivity index (χ2n) is 7.11. The van der Waals surface area contributed by atoms with Gasteiger partial charge in [-0.1, -0.05) is 29.8 Å². The molecule has 0 saturated carbocycles. The molecule has 1 unspecified atom stereocenters. The molecule has 0 fully saturated rings. The number of H-pyrrole nitrogens is 1. The number of amides is 3. The minimum atomic E-state index is -0.803. The molecule has 3 amide bonds. The number of fused-ring (bicyclic) bond motifs is 1. The van der Waals surface area contributed by atoms with Crippen molar-refractivity contribution in [1.82, 2.24) is 25.4 Å². The molecular formula is C22H21ClN6O2. The third kappa shape index (κ3) is 4.87. The summed E-state index contributed by atoms with van der Waals surface area (Å²) in [5.74, 6) is -0.330. The fraction of sp³-hybridized carbons (Fsp3) is 0.136. The van der Waals surface area contributed by atoms with Crippen molar-refractivity contribution in [2.45, 2.75) is 19.0 Å². The first-order chi connectivity index (χ1) is 15.0. The van der Waals surface area contributed by atoms with Gasteiger partial charge in [0.25, 0.3) is 0 Å². The highest BCUT2D eigenvalue weighted by atomic mass is 35.5. The third-order valence-electron chi connectivity index (χ3n) is 4.93. The first-order valence-corrected chi connectivity index (χ1v) is 10.1. The lowest BCUT2D eigenvalue weighted by atomic mass is 10.0. The van der Waals surface area contributed by atoms with Crippen molar-refractivity contribution < 1.29 is 9.59 Å². The molecule has 0 aliphatic heterocycles. The first kappa shape index (κ1) is 20.5. The molecule has 0 bridgehead atoms. The Morgan fingerprint density at radius 2 is 1.94 bits per heavy atom. The van der Waals surface area contributed by atoms with E-state index in [1.807, 2.05) is 48.8 Å². The monoisotopic (exact) mass is 436 g/mol. The lowest BCUT2D eigenvalue weighted by Gasteiger charge is -2.17. The largest absolute Gasteiger partial charge is 0.361 e. The van der Waals surface area contributed by atoms with Gasteiger partial charge in [0.15, 0.2) is 0 Å². The summed E-state index contributed by atoms with van der Waals surface area (Å²) in [5, 5.41) is 11.3. The molecule has 2 heterocycles. The van der Waals surface area contributed by atoms with E-state index >= 15 is 0 Å². The zero-order valence-electron chi connectivity index (χ0n) is 16.5. The van der Waals surface area contributed by atoms with Gasteiger partial charge < -0.3 is 21.4 Å². The predicted molar refractivity (Wildman–Crippen MR) is 119 cm³/mol. The van der Waals surface area contributed by atoms with Gasteiger partial charge in [-0.2, -0.15) is 5.10 Å². The van der Waals surface area contributed by atoms with Crippen molar-refractivity contribution in [2.75, 3.05) is 0 Å². The molecule has 4 rings (SSSR count). The van der Waals surface area contributed by atoms with Crippen molar-refractivity contribution in [3.63, 3.8) is 0 Å². The Bertz CT molecular complexity index is 1210. The van der Waals surface area contributed by atoms with Gasteiger partial charge in [-0.3, -0.25) is 4.79 Å². The van der Waals surface area contributed by atoms with Crippen LogP contribution in [0.15, 0.2) is 67.1 Å². The summed E-state index contributed by atoms with van der Waals surface area (Å²) in [5.41, 5.74) is 8.85. The fourth-order valence-corrected chi connectivity index (χ4v) is 3.53. The molecule has 4 aromatic rings. The number of nitrogens with two attached hydrogens (primary N) is 1. The molecular weight excluding hydrogens is 416 g/mol. The van der Waals surface area contributed by atoms with E-state index in [1.165, 1.54) is 0 Å². The number of carbonyl (C=O) groups is 2. The molecule has 2 aromatic heterocycles. The molecule has 9 heteroatoms. The Kier molecular flexibility index (Phi) is 5.90. The zero-order chi connectivity index (χ0) is 21.8. The molecule has 158 valence electrons. The number of hydrogen-bond donors (Lipinski definition) is 4. The van der Waals surface area contributed by atoms with Crippen LogP contribution in [0, 0.1) is 0 Å². The van der Waals surface area contributed by atoms with Crippen LogP contribution in [0.4, 0.5) is 4.79 Å². The Hall–Kier alpha value is -3.78. The molecule has 2 aromatic carbocycles. The molecule has 0 aliphatic carbocycles. The summed E-state index contributed by atoms with van der Waals surface area (Å²) < 4.78 is 1.70. The van der Waals surface area contributed by atoms with E-state index in [1.54, 1.807) is 23.0 Å². The highest BCUT2D eigenvalue weighted by molar-refractivity contribution is 6.30. The van der Waals surface area contributed by atoms with Crippen molar-refractivity contribution in [3.8, 4) is 5.69 Å². The molecule has 5 N–H and O–H groups in total. The Morgan fingerprint density at radius 3 is 2.71 bits per heavy atom. The second-order valence-corrected chi connectivity index (χ2v) is 7.55. The van der Waals surface area contributed by atoms with Crippen molar-refractivity contribution >= 4 is 34.4 Å². The van der Waals surface area contributed by atoms with Gasteiger partial charge >= 0.3 is 6.03 Å². The van der Waals surface area contributed by atoms with E-state index in [9.17, 15) is 9.59 Å². The van der Waals surface area contributed by atoms with Gasteiger partial charge in [-0.05, 0) is 35.9 Å². The number of para-hydroxylation sites is 1. The number of urea groups is 1. The Morgan fingerprint density at radius 1 is 1.16 bits per heavy atom. The highest BCUT2D eigenvalue weighted by Gasteiger charge is 2.21. The molecule has 0 radical (unpaired) electrons. The van der Waals surface area contributed by atoms with Crippen LogP contribution in [0.3, 0.4) is 0 Å². The van der Waals surface area contributed by atoms with Gasteiger partial charge in [0, 0.05) is 46.8 Å². The van der Waals surface area contributed by atoms with Crippen molar-refractivity contribution in [3.05, 3.63) is 83.3 Å². The van der Waals surface area contributed by atoms with E-state index in [-0.39, 0.29) is 12.5 Å². The lowest BCUT2D eigenvalue weighted by molar-refractivity contribution is -0.123. The van der Waals surface area contributed by atoms with Gasteiger partial charge in [-0.15, -0.1) is 0 Å². The van der Waals surface area contributed by atoms with Crippen molar-refractivity contribution in [2.24, 2.45) is 5.73 Å². The fourth-order valence-electron chi connectivity index (χ4n) is 3.40. The molecule has 31 heavy (non-hydrogen) atoms. The summed E-state index contributed by atoms with van der Waals surface area (Å²) in [7, 11) is 0. The van der Waals surface area contributed by atoms with Crippen molar-refractivity contribution in [1.29, 1.82) is 0 Å². The summed E-state index contributed by atoms with van der Waals surface area (Å²) in [6.07, 6.45) is 5.64. The number of primary amides is 1. The number of rotatable bonds is 7. The average molecular weight is 437 g/mol. The molecule has 1 atom stereocenters. The van der Waals surface area contributed by atoms with E-state index in [0.29, 0.717) is 11.4 Å². The smallest absolute Gasteiger partial charge is 0.312 e. The number of benzene rings is 2. The number of halogens is 1.